The summed E-state index contributed by atoms with van der Waals surface area (Å²) < 4.78 is 9.44. The monoisotopic (exact) mass is 622 g/mol. The van der Waals surface area contributed by atoms with Crippen molar-refractivity contribution in [3.8, 4) is 0 Å². The van der Waals surface area contributed by atoms with Gasteiger partial charge in [-0.2, -0.15) is 0 Å². The van der Waals surface area contributed by atoms with Crippen molar-refractivity contribution < 1.29 is 49.2 Å². The number of halogens is 2. The van der Waals surface area contributed by atoms with E-state index in [1.807, 2.05) is 62.4 Å². The van der Waals surface area contributed by atoms with E-state index in [0.29, 0.717) is 19.0 Å². The summed E-state index contributed by atoms with van der Waals surface area (Å²) in [4.78, 5) is 23.5. The molecule has 2 aromatic carbocycles. The molecule has 1 atom stereocenters. The van der Waals surface area contributed by atoms with Gasteiger partial charge in [-0.1, -0.05) is 106 Å². The molecule has 2 N–H and O–H groups in total. The van der Waals surface area contributed by atoms with Crippen molar-refractivity contribution >= 4 is 11.6 Å². The molecule has 42 heavy (non-hydrogen) atoms. The smallest absolute Gasteiger partial charge is 0.165 e. The van der Waals surface area contributed by atoms with Crippen molar-refractivity contribution in [1.29, 1.82) is 0 Å². The Morgan fingerprint density at radius 2 is 1.24 bits per heavy atom. The molecule has 7 heteroatoms. The van der Waals surface area contributed by atoms with E-state index in [2.05, 4.69) is 19.2 Å². The predicted molar refractivity (Wildman–Crippen MR) is 164 cm³/mol. The Balaban J connectivity index is 0.000000594. The number of Topliss-reactive ketones (excluding diaryl/α,β-unsaturated/α-hetero) is 2. The molecule has 2 heterocycles. The third kappa shape index (κ3) is 17.4. The lowest BCUT2D eigenvalue weighted by Gasteiger charge is -2.24. The highest BCUT2D eigenvalue weighted by Gasteiger charge is 2.21. The van der Waals surface area contributed by atoms with Crippen molar-refractivity contribution in [2.45, 2.75) is 91.9 Å². The molecular weight excluding hydrogens is 569 g/mol. The number of benzene rings is 2. The summed E-state index contributed by atoms with van der Waals surface area (Å²) in [5.41, 5.74) is 4.10. The van der Waals surface area contributed by atoms with Crippen molar-refractivity contribution in [2.24, 2.45) is 11.8 Å². The fraction of sp³-hybridized carbons (Fsp3) is 0.600. The van der Waals surface area contributed by atoms with Gasteiger partial charge in [0.25, 0.3) is 0 Å². The highest BCUT2D eigenvalue weighted by Crippen LogP contribution is 2.30. The van der Waals surface area contributed by atoms with Crippen LogP contribution in [0.4, 0.5) is 0 Å². The molecule has 238 valence electrons. The first-order chi connectivity index (χ1) is 19.4. The van der Waals surface area contributed by atoms with Crippen LogP contribution in [0.3, 0.4) is 0 Å². The second kappa shape index (κ2) is 24.7. The fourth-order valence-corrected chi connectivity index (χ4v) is 5.17. The van der Waals surface area contributed by atoms with Gasteiger partial charge in [-0.25, -0.2) is 0 Å². The van der Waals surface area contributed by atoms with E-state index in [9.17, 15) is 9.59 Å². The van der Waals surface area contributed by atoms with Gasteiger partial charge in [0.15, 0.2) is 11.6 Å². The number of ether oxygens (including phenoxy) is 2. The van der Waals surface area contributed by atoms with Gasteiger partial charge in [-0.3, -0.25) is 9.59 Å². The van der Waals surface area contributed by atoms with Crippen molar-refractivity contribution in [3.63, 3.8) is 0 Å². The first-order valence-corrected chi connectivity index (χ1v) is 15.6. The van der Waals surface area contributed by atoms with Crippen LogP contribution >= 0.6 is 0 Å². The van der Waals surface area contributed by atoms with Gasteiger partial charge in [-0.05, 0) is 45.4 Å². The molecule has 3 fully saturated rings. The molecular formula is C35H54Cl2NO4-. The lowest BCUT2D eigenvalue weighted by atomic mass is 9.81. The number of piperidine rings is 1. The van der Waals surface area contributed by atoms with E-state index in [0.717, 1.165) is 36.7 Å². The zero-order chi connectivity index (χ0) is 29.0. The zero-order valence-corrected chi connectivity index (χ0v) is 27.9. The quantitative estimate of drug-likeness (QED) is 0.490. The maximum Gasteiger partial charge on any atom is 0.165 e. The summed E-state index contributed by atoms with van der Waals surface area (Å²) in [6.07, 6.45) is 12.8. The molecule has 0 spiro atoms. The Kier molecular flexibility index (Phi) is 23.6. The van der Waals surface area contributed by atoms with Gasteiger partial charge in [-0.15, -0.1) is 0 Å². The number of rotatable bonds is 6. The van der Waals surface area contributed by atoms with Crippen LogP contribution in [0.25, 0.3) is 0 Å². The third-order valence-corrected chi connectivity index (χ3v) is 7.75. The highest BCUT2D eigenvalue weighted by molar-refractivity contribution is 5.97. The summed E-state index contributed by atoms with van der Waals surface area (Å²) in [7, 11) is 0. The van der Waals surface area contributed by atoms with E-state index in [1.165, 1.54) is 75.6 Å². The Hall–Kier alpha value is -1.76. The van der Waals surface area contributed by atoms with Gasteiger partial charge in [0.2, 0.25) is 0 Å². The number of carbonyl (C=O) groups excluding carboxylic acids is 2. The van der Waals surface area contributed by atoms with Gasteiger partial charge < -0.3 is 39.6 Å². The molecule has 2 saturated heterocycles. The first kappa shape index (κ1) is 40.2. The number of hydrogen-bond donors (Lipinski definition) is 1. The molecule has 5 rings (SSSR count). The average Bonchev–Trinajstić information content (AvgIpc) is 3.60. The molecule has 0 bridgehead atoms. The summed E-state index contributed by atoms with van der Waals surface area (Å²) >= 11 is 0. The normalized spacial score (nSPS) is 16.8. The Morgan fingerprint density at radius 1 is 0.762 bits per heavy atom. The minimum Gasteiger partial charge on any atom is -1.00 e. The second-order valence-corrected chi connectivity index (χ2v) is 11.4. The van der Waals surface area contributed by atoms with Crippen LogP contribution < -0.4 is 30.1 Å². The van der Waals surface area contributed by atoms with Crippen LogP contribution in [0.2, 0.25) is 0 Å². The average molecular weight is 624 g/mol. The van der Waals surface area contributed by atoms with E-state index < -0.39 is 0 Å². The third-order valence-electron chi connectivity index (χ3n) is 7.75. The van der Waals surface area contributed by atoms with Crippen LogP contribution in [0.5, 0.6) is 0 Å². The van der Waals surface area contributed by atoms with Gasteiger partial charge in [0, 0.05) is 23.5 Å². The molecule has 0 amide bonds. The van der Waals surface area contributed by atoms with E-state index in [-0.39, 0.29) is 36.5 Å². The van der Waals surface area contributed by atoms with Gasteiger partial charge in [0.05, 0.1) is 26.3 Å². The van der Waals surface area contributed by atoms with Crippen LogP contribution in [0.15, 0.2) is 48.5 Å². The predicted octanol–water partition coefficient (Wildman–Crippen LogP) is 1.10. The van der Waals surface area contributed by atoms with E-state index in [1.54, 1.807) is 0 Å². The summed E-state index contributed by atoms with van der Waals surface area (Å²) in [5, 5.41) is 2.39. The molecule has 0 radical (unpaired) electrons. The largest absolute Gasteiger partial charge is 1.00 e. The van der Waals surface area contributed by atoms with Crippen molar-refractivity contribution in [2.75, 3.05) is 33.1 Å². The Morgan fingerprint density at radius 3 is 1.62 bits per heavy atom. The lowest BCUT2D eigenvalue weighted by Crippen LogP contribution is -3.00. The Labute approximate surface area is 267 Å². The summed E-state index contributed by atoms with van der Waals surface area (Å²) in [6.45, 7) is 12.8. The topological polar surface area (TPSA) is 69.2 Å². The van der Waals surface area contributed by atoms with Gasteiger partial charge in [0.1, 0.15) is 6.79 Å². The SMILES string of the molecule is C1CC[NH2+]CC1.C1COCO1.CCC(=O)c1ccc(C)cc1.Cc1ccc(C(=O)C(C)CC2CCCCC2)cc1.[Cl-].[Cl-]. The maximum absolute atomic E-state index is 12.3. The first-order valence-electron chi connectivity index (χ1n) is 15.6. The summed E-state index contributed by atoms with van der Waals surface area (Å²) in [6, 6.07) is 15.7. The lowest BCUT2D eigenvalue weighted by molar-refractivity contribution is -0.662. The number of quaternary nitrogens is 1. The minimum atomic E-state index is 0. The molecule has 1 aliphatic carbocycles. The number of carbonyl (C=O) groups is 2. The minimum absolute atomic E-state index is 0. The molecule has 5 nitrogen and oxygen atoms in total. The fourth-order valence-electron chi connectivity index (χ4n) is 5.17. The van der Waals surface area contributed by atoms with Crippen LogP contribution in [0, 0.1) is 25.7 Å². The Bertz CT molecular complexity index is 933. The van der Waals surface area contributed by atoms with Gasteiger partial charge >= 0.3 is 0 Å². The molecule has 2 aromatic rings. The highest BCUT2D eigenvalue weighted by atomic mass is 35.5. The van der Waals surface area contributed by atoms with Crippen LogP contribution in [-0.4, -0.2) is 44.7 Å². The van der Waals surface area contributed by atoms with Crippen molar-refractivity contribution in [3.05, 3.63) is 70.8 Å². The van der Waals surface area contributed by atoms with Crippen LogP contribution in [0.1, 0.15) is 110 Å². The molecule has 2 aliphatic heterocycles. The summed E-state index contributed by atoms with van der Waals surface area (Å²) in [5.74, 6) is 1.49. The van der Waals surface area contributed by atoms with E-state index >= 15 is 0 Å². The molecule has 0 aromatic heterocycles. The molecule has 3 aliphatic rings. The standard InChI is InChI=1S/C17H24O.C10H12O.C5H11N.C3H6O2.2ClH/c1-13-8-10-16(11-9-13)17(18)14(2)12-15-6-4-3-5-7-15;1-3-10(11)9-6-4-8(2)5-7-9;1-2-4-6-5-3-1;1-2-5-3-4-1;;/h8-11,14-15H,3-7,12H2,1-2H3;4-7H,3H2,1-2H3;6H,1-5H2;1-3H2;2*1H/p-1. The molecule has 1 saturated carbocycles. The van der Waals surface area contributed by atoms with E-state index in [4.69, 9.17) is 9.47 Å². The number of nitrogens with two attached hydrogens (primary N) is 1. The van der Waals surface area contributed by atoms with Crippen LogP contribution in [-0.2, 0) is 9.47 Å². The molecule has 1 unspecified atom stereocenters. The number of aryl methyl sites for hydroxylation is 2. The number of hydrogen-bond acceptors (Lipinski definition) is 4. The van der Waals surface area contributed by atoms with Crippen molar-refractivity contribution in [1.82, 2.24) is 0 Å². The second-order valence-electron chi connectivity index (χ2n) is 11.4. The maximum atomic E-state index is 12.3. The number of ketones is 2. The zero-order valence-electron chi connectivity index (χ0n) is 26.3.